The molecule has 2 rings (SSSR count). The molecular formula is C12H16N4O2S. The van der Waals surface area contributed by atoms with Gasteiger partial charge >= 0.3 is 0 Å². The highest BCUT2D eigenvalue weighted by molar-refractivity contribution is 7.88. The van der Waals surface area contributed by atoms with Gasteiger partial charge < -0.3 is 11.1 Å². The number of hydrogen-bond donors (Lipinski definition) is 3. The van der Waals surface area contributed by atoms with Crippen LogP contribution in [0, 0.1) is 0 Å². The van der Waals surface area contributed by atoms with E-state index in [0.29, 0.717) is 18.8 Å². The quantitative estimate of drug-likeness (QED) is 0.555. The molecule has 0 radical (unpaired) electrons. The number of sulfonamides is 1. The summed E-state index contributed by atoms with van der Waals surface area (Å²) in [6.45, 7) is 0.824. The second-order valence-electron chi connectivity index (χ2n) is 4.22. The van der Waals surface area contributed by atoms with E-state index in [2.05, 4.69) is 15.0 Å². The van der Waals surface area contributed by atoms with Crippen LogP contribution in [0.25, 0.3) is 10.8 Å². The van der Waals surface area contributed by atoms with Gasteiger partial charge in [0.25, 0.3) is 0 Å². The second-order valence-corrected chi connectivity index (χ2v) is 6.05. The zero-order chi connectivity index (χ0) is 13.9. The summed E-state index contributed by atoms with van der Waals surface area (Å²) >= 11 is 0. The van der Waals surface area contributed by atoms with Crippen LogP contribution < -0.4 is 15.8 Å². The predicted molar refractivity (Wildman–Crippen MR) is 77.5 cm³/mol. The van der Waals surface area contributed by atoms with Gasteiger partial charge in [-0.1, -0.05) is 0 Å². The average Bonchev–Trinajstić information content (AvgIpc) is 2.36. The van der Waals surface area contributed by atoms with Gasteiger partial charge in [-0.2, -0.15) is 0 Å². The number of aromatic nitrogens is 1. The second kappa shape index (κ2) is 5.41. The number of nitrogens with two attached hydrogens (primary N) is 1. The van der Waals surface area contributed by atoms with Crippen molar-refractivity contribution in [2.75, 3.05) is 30.4 Å². The number of nitrogen functional groups attached to an aromatic ring is 1. The summed E-state index contributed by atoms with van der Waals surface area (Å²) in [7, 11) is -3.15. The number of nitrogens with zero attached hydrogens (tertiary/aromatic N) is 1. The lowest BCUT2D eigenvalue weighted by atomic mass is 10.1. The Labute approximate surface area is 112 Å². The van der Waals surface area contributed by atoms with Crippen LogP contribution in [0.2, 0.25) is 0 Å². The van der Waals surface area contributed by atoms with Crippen molar-refractivity contribution in [1.82, 2.24) is 9.71 Å². The summed E-state index contributed by atoms with van der Waals surface area (Å²) in [4.78, 5) is 4.04. The number of fused-ring (bicyclic) bond motifs is 1. The van der Waals surface area contributed by atoms with Gasteiger partial charge in [0.1, 0.15) is 0 Å². The first-order valence-corrected chi connectivity index (χ1v) is 7.67. The molecule has 19 heavy (non-hydrogen) atoms. The van der Waals surface area contributed by atoms with Gasteiger partial charge in [0, 0.05) is 47.6 Å². The van der Waals surface area contributed by atoms with E-state index >= 15 is 0 Å². The third-order valence-electron chi connectivity index (χ3n) is 2.66. The lowest BCUT2D eigenvalue weighted by Crippen LogP contribution is -2.27. The fourth-order valence-corrected chi connectivity index (χ4v) is 2.27. The van der Waals surface area contributed by atoms with Crippen LogP contribution >= 0.6 is 0 Å². The number of anilines is 2. The summed E-state index contributed by atoms with van der Waals surface area (Å²) in [5, 5.41) is 5.02. The van der Waals surface area contributed by atoms with Crippen molar-refractivity contribution in [2.24, 2.45) is 0 Å². The molecule has 4 N–H and O–H groups in total. The van der Waals surface area contributed by atoms with Gasteiger partial charge in [0.05, 0.1) is 6.26 Å². The summed E-state index contributed by atoms with van der Waals surface area (Å²) in [6, 6.07) is 5.55. The van der Waals surface area contributed by atoms with E-state index in [1.54, 1.807) is 18.5 Å². The SMILES string of the molecule is CS(=O)(=O)NCCNc1ccc(N)c2cnccc12. The smallest absolute Gasteiger partial charge is 0.208 e. The van der Waals surface area contributed by atoms with Gasteiger partial charge in [0.15, 0.2) is 0 Å². The summed E-state index contributed by atoms with van der Waals surface area (Å²) in [5.41, 5.74) is 7.45. The van der Waals surface area contributed by atoms with Crippen molar-refractivity contribution in [3.05, 3.63) is 30.6 Å². The minimum Gasteiger partial charge on any atom is -0.398 e. The zero-order valence-electron chi connectivity index (χ0n) is 10.6. The lowest BCUT2D eigenvalue weighted by molar-refractivity contribution is 0.589. The van der Waals surface area contributed by atoms with Crippen LogP contribution in [0.15, 0.2) is 30.6 Å². The van der Waals surface area contributed by atoms with E-state index in [4.69, 9.17) is 5.73 Å². The van der Waals surface area contributed by atoms with Crippen molar-refractivity contribution in [2.45, 2.75) is 0 Å². The van der Waals surface area contributed by atoms with Crippen molar-refractivity contribution in [3.8, 4) is 0 Å². The van der Waals surface area contributed by atoms with Crippen LogP contribution in [0.3, 0.4) is 0 Å². The third kappa shape index (κ3) is 3.55. The maximum absolute atomic E-state index is 10.9. The minimum atomic E-state index is -3.15. The molecule has 0 aliphatic rings. The topological polar surface area (TPSA) is 97.1 Å². The van der Waals surface area contributed by atoms with Gasteiger partial charge in [0.2, 0.25) is 10.0 Å². The molecule has 0 saturated heterocycles. The molecule has 0 spiro atoms. The van der Waals surface area contributed by atoms with Crippen LogP contribution in [-0.4, -0.2) is 32.7 Å². The number of rotatable bonds is 5. The molecule has 0 amide bonds. The molecule has 0 atom stereocenters. The molecule has 6 nitrogen and oxygen atoms in total. The van der Waals surface area contributed by atoms with Gasteiger partial charge in [-0.25, -0.2) is 13.1 Å². The highest BCUT2D eigenvalue weighted by Crippen LogP contribution is 2.27. The van der Waals surface area contributed by atoms with Crippen LogP contribution in [0.4, 0.5) is 11.4 Å². The first kappa shape index (κ1) is 13.6. The summed E-state index contributed by atoms with van der Waals surface area (Å²) in [6.07, 6.45) is 4.55. The van der Waals surface area contributed by atoms with Gasteiger partial charge in [-0.3, -0.25) is 4.98 Å². The standard InChI is InChI=1S/C12H16N4O2S/c1-19(17,18)16-7-6-15-12-3-2-11(13)10-8-14-5-4-9(10)12/h2-5,8,15-16H,6-7,13H2,1H3. The fourth-order valence-electron chi connectivity index (χ4n) is 1.80. The Hall–Kier alpha value is -1.86. The number of pyridine rings is 1. The van der Waals surface area contributed by atoms with Crippen LogP contribution in [-0.2, 0) is 10.0 Å². The van der Waals surface area contributed by atoms with E-state index in [-0.39, 0.29) is 0 Å². The summed E-state index contributed by atoms with van der Waals surface area (Å²) < 4.78 is 24.3. The van der Waals surface area contributed by atoms with E-state index in [1.807, 2.05) is 12.1 Å². The van der Waals surface area contributed by atoms with E-state index in [0.717, 1.165) is 22.7 Å². The van der Waals surface area contributed by atoms with Crippen molar-refractivity contribution in [1.29, 1.82) is 0 Å². The van der Waals surface area contributed by atoms with Crippen LogP contribution in [0.5, 0.6) is 0 Å². The van der Waals surface area contributed by atoms with Crippen molar-refractivity contribution >= 4 is 32.2 Å². The molecule has 0 bridgehead atoms. The Morgan fingerprint density at radius 2 is 2.00 bits per heavy atom. The minimum absolute atomic E-state index is 0.329. The first-order chi connectivity index (χ1) is 8.97. The molecule has 7 heteroatoms. The molecule has 0 aliphatic carbocycles. The van der Waals surface area contributed by atoms with E-state index in [9.17, 15) is 8.42 Å². The van der Waals surface area contributed by atoms with Crippen molar-refractivity contribution in [3.63, 3.8) is 0 Å². The maximum Gasteiger partial charge on any atom is 0.208 e. The first-order valence-electron chi connectivity index (χ1n) is 5.78. The van der Waals surface area contributed by atoms with Crippen LogP contribution in [0.1, 0.15) is 0 Å². The number of nitrogens with one attached hydrogen (secondary N) is 2. The summed E-state index contributed by atoms with van der Waals surface area (Å²) in [5.74, 6) is 0. The molecule has 1 aromatic carbocycles. The average molecular weight is 280 g/mol. The Kier molecular flexibility index (Phi) is 3.87. The third-order valence-corrected chi connectivity index (χ3v) is 3.39. The lowest BCUT2D eigenvalue weighted by Gasteiger charge is -2.11. The largest absolute Gasteiger partial charge is 0.398 e. The maximum atomic E-state index is 10.9. The highest BCUT2D eigenvalue weighted by Gasteiger charge is 2.04. The Bertz CT molecular complexity index is 685. The fraction of sp³-hybridized carbons (Fsp3) is 0.250. The Balaban J connectivity index is 2.11. The van der Waals surface area contributed by atoms with Crippen molar-refractivity contribution < 1.29 is 8.42 Å². The Morgan fingerprint density at radius 3 is 2.74 bits per heavy atom. The van der Waals surface area contributed by atoms with E-state index < -0.39 is 10.0 Å². The molecule has 0 unspecified atom stereocenters. The number of hydrogen-bond acceptors (Lipinski definition) is 5. The molecule has 0 fully saturated rings. The predicted octanol–water partition coefficient (Wildman–Crippen LogP) is 0.778. The molecule has 1 heterocycles. The normalized spacial score (nSPS) is 11.6. The zero-order valence-corrected chi connectivity index (χ0v) is 11.4. The van der Waals surface area contributed by atoms with E-state index in [1.165, 1.54) is 0 Å². The monoisotopic (exact) mass is 280 g/mol. The molecule has 1 aromatic heterocycles. The highest BCUT2D eigenvalue weighted by atomic mass is 32.2. The molecule has 0 saturated carbocycles. The molecule has 102 valence electrons. The Morgan fingerprint density at radius 1 is 1.21 bits per heavy atom. The van der Waals surface area contributed by atoms with Gasteiger partial charge in [-0.05, 0) is 18.2 Å². The molecule has 0 aliphatic heterocycles. The van der Waals surface area contributed by atoms with Gasteiger partial charge in [-0.15, -0.1) is 0 Å². The molecular weight excluding hydrogens is 264 g/mol. The molecule has 2 aromatic rings. The number of benzene rings is 1.